The molecule has 0 radical (unpaired) electrons. The number of aryl methyl sites for hydroxylation is 2. The van der Waals surface area contributed by atoms with Crippen LogP contribution in [0.25, 0.3) is 0 Å². The van der Waals surface area contributed by atoms with Gasteiger partial charge in [-0.15, -0.1) is 0 Å². The maximum Gasteiger partial charge on any atom is 0.264 e. The van der Waals surface area contributed by atoms with Crippen LogP contribution in [0.1, 0.15) is 37.0 Å². The summed E-state index contributed by atoms with van der Waals surface area (Å²) in [4.78, 5) is 28.7. The predicted octanol–water partition coefficient (Wildman–Crippen LogP) is 4.46. The maximum atomic E-state index is 14.1. The van der Waals surface area contributed by atoms with E-state index < -0.39 is 28.5 Å². The number of likely N-dealkylation sites (N-methyl/N-ethyl adjacent to an activating group) is 1. The maximum absolute atomic E-state index is 14.1. The van der Waals surface area contributed by atoms with Crippen LogP contribution in [-0.4, -0.2) is 58.5 Å². The van der Waals surface area contributed by atoms with E-state index in [1.807, 2.05) is 52.0 Å². The van der Waals surface area contributed by atoms with Crippen molar-refractivity contribution in [2.45, 2.75) is 51.6 Å². The SMILES string of the molecule is CCNC(=O)C(CC)N(Cc1ccccc1C)C(=O)CN(c1ccc(OC)c(OC)c1)S(=O)(=O)c1ccc(C)cc1. The highest BCUT2D eigenvalue weighted by molar-refractivity contribution is 7.92. The van der Waals surface area contributed by atoms with Crippen LogP contribution in [0.5, 0.6) is 11.5 Å². The molecule has 1 unspecified atom stereocenters. The standard InChI is InChI=1S/C31H39N3O6S/c1-7-27(31(36)32-8-2)33(20-24-12-10-9-11-23(24)4)30(35)21-34(25-15-18-28(39-5)29(19-25)40-6)41(37,38)26-16-13-22(3)14-17-26/h9-19,27H,7-8,20-21H2,1-6H3,(H,32,36). The number of rotatable bonds is 13. The Bertz CT molecular complexity index is 1460. The summed E-state index contributed by atoms with van der Waals surface area (Å²) in [5.41, 5.74) is 2.94. The second kappa shape index (κ2) is 14.0. The average molecular weight is 582 g/mol. The highest BCUT2D eigenvalue weighted by atomic mass is 32.2. The van der Waals surface area contributed by atoms with E-state index in [0.29, 0.717) is 24.5 Å². The van der Waals surface area contributed by atoms with Crippen LogP contribution in [0, 0.1) is 13.8 Å². The smallest absolute Gasteiger partial charge is 0.264 e. The fraction of sp³-hybridized carbons (Fsp3) is 0.355. The van der Waals surface area contributed by atoms with Gasteiger partial charge in [-0.2, -0.15) is 0 Å². The van der Waals surface area contributed by atoms with Gasteiger partial charge < -0.3 is 19.7 Å². The Morgan fingerprint density at radius 2 is 1.56 bits per heavy atom. The first-order chi connectivity index (χ1) is 19.6. The minimum absolute atomic E-state index is 0.0342. The second-order valence-corrected chi connectivity index (χ2v) is 11.5. The van der Waals surface area contributed by atoms with Gasteiger partial charge >= 0.3 is 0 Å². The summed E-state index contributed by atoms with van der Waals surface area (Å²) in [6, 6.07) is 17.9. The first kappa shape index (κ1) is 31.5. The Hall–Kier alpha value is -4.05. The minimum Gasteiger partial charge on any atom is -0.493 e. The zero-order valence-corrected chi connectivity index (χ0v) is 25.3. The van der Waals surface area contributed by atoms with Gasteiger partial charge in [0.2, 0.25) is 11.8 Å². The molecular weight excluding hydrogens is 542 g/mol. The molecule has 1 N–H and O–H groups in total. The van der Waals surface area contributed by atoms with Crippen molar-refractivity contribution in [3.8, 4) is 11.5 Å². The minimum atomic E-state index is -4.20. The van der Waals surface area contributed by atoms with Gasteiger partial charge in [0.15, 0.2) is 11.5 Å². The summed E-state index contributed by atoms with van der Waals surface area (Å²) in [6.07, 6.45) is 0.352. The Labute approximate surface area is 243 Å². The van der Waals surface area contributed by atoms with Crippen LogP contribution in [0.4, 0.5) is 5.69 Å². The number of hydrogen-bond acceptors (Lipinski definition) is 6. The van der Waals surface area contributed by atoms with E-state index in [4.69, 9.17) is 9.47 Å². The van der Waals surface area contributed by atoms with Crippen molar-refractivity contribution in [2.75, 3.05) is 31.6 Å². The molecular formula is C31H39N3O6S. The number of carbonyl (C=O) groups is 2. The lowest BCUT2D eigenvalue weighted by molar-refractivity contribution is -0.140. The van der Waals surface area contributed by atoms with E-state index >= 15 is 0 Å². The van der Waals surface area contributed by atoms with Gasteiger partial charge in [-0.1, -0.05) is 48.9 Å². The normalized spacial score (nSPS) is 11.9. The molecule has 1 atom stereocenters. The number of methoxy groups -OCH3 is 2. The summed E-state index contributed by atoms with van der Waals surface area (Å²) in [6.45, 7) is 7.45. The third kappa shape index (κ3) is 7.38. The van der Waals surface area contributed by atoms with E-state index in [2.05, 4.69) is 5.32 Å². The van der Waals surface area contributed by atoms with E-state index in [0.717, 1.165) is 21.0 Å². The molecule has 41 heavy (non-hydrogen) atoms. The van der Waals surface area contributed by atoms with Crippen molar-refractivity contribution in [1.29, 1.82) is 0 Å². The fourth-order valence-electron chi connectivity index (χ4n) is 4.53. The number of carbonyl (C=O) groups excluding carboxylic acids is 2. The summed E-state index contributed by atoms with van der Waals surface area (Å²) in [7, 11) is -1.26. The molecule has 0 aliphatic rings. The summed E-state index contributed by atoms with van der Waals surface area (Å²) in [5, 5.41) is 2.81. The van der Waals surface area contributed by atoms with E-state index in [9.17, 15) is 18.0 Å². The largest absolute Gasteiger partial charge is 0.493 e. The molecule has 0 saturated heterocycles. The first-order valence-electron chi connectivity index (χ1n) is 13.5. The number of benzene rings is 3. The van der Waals surface area contributed by atoms with Crippen LogP contribution in [-0.2, 0) is 26.2 Å². The van der Waals surface area contributed by atoms with Crippen molar-refractivity contribution in [3.05, 3.63) is 83.4 Å². The summed E-state index contributed by atoms with van der Waals surface area (Å²) >= 11 is 0. The number of amides is 2. The zero-order chi connectivity index (χ0) is 30.2. The molecule has 3 aromatic carbocycles. The Morgan fingerprint density at radius 1 is 0.902 bits per heavy atom. The molecule has 0 aromatic heterocycles. The molecule has 0 aliphatic carbocycles. The number of anilines is 1. The lowest BCUT2D eigenvalue weighted by atomic mass is 10.1. The number of ether oxygens (including phenoxy) is 2. The number of nitrogens with one attached hydrogen (secondary N) is 1. The third-order valence-corrected chi connectivity index (χ3v) is 8.67. The van der Waals surface area contributed by atoms with E-state index in [1.54, 1.807) is 24.3 Å². The molecule has 0 saturated carbocycles. The number of nitrogens with zero attached hydrogens (tertiary/aromatic N) is 2. The van der Waals surface area contributed by atoms with Gasteiger partial charge in [-0.05, 0) is 62.6 Å². The van der Waals surface area contributed by atoms with Crippen molar-refractivity contribution in [1.82, 2.24) is 10.2 Å². The van der Waals surface area contributed by atoms with Crippen molar-refractivity contribution >= 4 is 27.5 Å². The molecule has 10 heteroatoms. The molecule has 220 valence electrons. The topological polar surface area (TPSA) is 105 Å². The van der Waals surface area contributed by atoms with Crippen LogP contribution >= 0.6 is 0 Å². The predicted molar refractivity (Wildman–Crippen MR) is 160 cm³/mol. The van der Waals surface area contributed by atoms with Crippen molar-refractivity contribution < 1.29 is 27.5 Å². The van der Waals surface area contributed by atoms with Crippen molar-refractivity contribution in [3.63, 3.8) is 0 Å². The Balaban J connectivity index is 2.13. The summed E-state index contributed by atoms with van der Waals surface area (Å²) in [5.74, 6) is -0.0846. The Kier molecular flexibility index (Phi) is 10.8. The number of sulfonamides is 1. The molecule has 0 heterocycles. The van der Waals surface area contributed by atoms with Gasteiger partial charge in [-0.3, -0.25) is 13.9 Å². The molecule has 0 fully saturated rings. The lowest BCUT2D eigenvalue weighted by Crippen LogP contribution is -2.52. The molecule has 0 bridgehead atoms. The fourth-order valence-corrected chi connectivity index (χ4v) is 5.93. The lowest BCUT2D eigenvalue weighted by Gasteiger charge is -2.33. The van der Waals surface area contributed by atoms with Crippen LogP contribution in [0.15, 0.2) is 71.6 Å². The van der Waals surface area contributed by atoms with E-state index in [1.165, 1.54) is 37.3 Å². The first-order valence-corrected chi connectivity index (χ1v) is 14.9. The summed E-state index contributed by atoms with van der Waals surface area (Å²) < 4.78 is 39.9. The molecule has 3 aromatic rings. The van der Waals surface area contributed by atoms with Gasteiger partial charge in [-0.25, -0.2) is 8.42 Å². The molecule has 3 rings (SSSR count). The van der Waals surface area contributed by atoms with Gasteiger partial charge in [0.1, 0.15) is 12.6 Å². The molecule has 0 aliphatic heterocycles. The third-order valence-electron chi connectivity index (χ3n) is 6.88. The van der Waals surface area contributed by atoms with Crippen LogP contribution < -0.4 is 19.1 Å². The van der Waals surface area contributed by atoms with Crippen molar-refractivity contribution in [2.24, 2.45) is 0 Å². The monoisotopic (exact) mass is 581 g/mol. The van der Waals surface area contributed by atoms with Gasteiger partial charge in [0.05, 0.1) is 24.8 Å². The highest BCUT2D eigenvalue weighted by Gasteiger charge is 2.34. The zero-order valence-electron chi connectivity index (χ0n) is 24.5. The molecule has 0 spiro atoms. The molecule has 9 nitrogen and oxygen atoms in total. The van der Waals surface area contributed by atoms with Crippen LogP contribution in [0.2, 0.25) is 0 Å². The molecule has 2 amide bonds. The van der Waals surface area contributed by atoms with Gasteiger partial charge in [0, 0.05) is 19.2 Å². The van der Waals surface area contributed by atoms with E-state index in [-0.39, 0.29) is 23.0 Å². The van der Waals surface area contributed by atoms with Gasteiger partial charge in [0.25, 0.3) is 10.0 Å². The average Bonchev–Trinajstić information content (AvgIpc) is 2.96. The Morgan fingerprint density at radius 3 is 2.15 bits per heavy atom. The van der Waals surface area contributed by atoms with Crippen LogP contribution in [0.3, 0.4) is 0 Å². The number of hydrogen-bond donors (Lipinski definition) is 1. The second-order valence-electron chi connectivity index (χ2n) is 9.63. The highest BCUT2D eigenvalue weighted by Crippen LogP contribution is 2.34. The quantitative estimate of drug-likeness (QED) is 0.320.